The third-order valence-electron chi connectivity index (χ3n) is 3.50. The Labute approximate surface area is 131 Å². The van der Waals surface area contributed by atoms with Crippen molar-refractivity contribution in [2.75, 3.05) is 12.8 Å². The summed E-state index contributed by atoms with van der Waals surface area (Å²) in [6.07, 6.45) is 2.98. The first kappa shape index (κ1) is 17.9. The molecule has 2 atom stereocenters. The molecule has 7 heteroatoms. The van der Waals surface area contributed by atoms with Crippen LogP contribution in [-0.4, -0.2) is 39.2 Å². The molecule has 1 aliphatic heterocycles. The van der Waals surface area contributed by atoms with Crippen LogP contribution in [0.2, 0.25) is 0 Å². The summed E-state index contributed by atoms with van der Waals surface area (Å²) < 4.78 is 22.7. The number of halogens is 1. The van der Waals surface area contributed by atoms with Crippen molar-refractivity contribution in [2.24, 2.45) is 0 Å². The van der Waals surface area contributed by atoms with Crippen molar-refractivity contribution in [3.05, 3.63) is 29.8 Å². The van der Waals surface area contributed by atoms with E-state index in [1.165, 1.54) is 12.1 Å². The Balaban J connectivity index is 0.00000220. The number of carbonyl (C=O) groups is 1. The second-order valence-corrected chi connectivity index (χ2v) is 7.36. The van der Waals surface area contributed by atoms with Crippen LogP contribution < -0.4 is 10.6 Å². The van der Waals surface area contributed by atoms with Gasteiger partial charge in [-0.3, -0.25) is 4.79 Å². The molecular formula is C14H21ClN2O3S. The summed E-state index contributed by atoms with van der Waals surface area (Å²) in [4.78, 5) is 12.3. The zero-order valence-corrected chi connectivity index (χ0v) is 13.8. The normalized spacial score (nSPS) is 22.2. The van der Waals surface area contributed by atoms with E-state index in [9.17, 15) is 13.2 Å². The van der Waals surface area contributed by atoms with Gasteiger partial charge in [-0.1, -0.05) is 0 Å². The van der Waals surface area contributed by atoms with E-state index in [2.05, 4.69) is 17.6 Å². The molecule has 21 heavy (non-hydrogen) atoms. The van der Waals surface area contributed by atoms with E-state index < -0.39 is 9.84 Å². The summed E-state index contributed by atoms with van der Waals surface area (Å²) in [6.45, 7) is 3.00. The van der Waals surface area contributed by atoms with Gasteiger partial charge in [-0.15, -0.1) is 12.4 Å². The molecule has 1 heterocycles. The predicted molar refractivity (Wildman–Crippen MR) is 84.8 cm³/mol. The molecule has 5 nitrogen and oxygen atoms in total. The number of hydrogen-bond donors (Lipinski definition) is 2. The van der Waals surface area contributed by atoms with E-state index in [0.29, 0.717) is 11.6 Å². The lowest BCUT2D eigenvalue weighted by Crippen LogP contribution is -2.46. The Morgan fingerprint density at radius 3 is 2.43 bits per heavy atom. The van der Waals surface area contributed by atoms with Crippen molar-refractivity contribution < 1.29 is 13.2 Å². The molecular weight excluding hydrogens is 312 g/mol. The molecule has 1 fully saturated rings. The Morgan fingerprint density at radius 1 is 1.29 bits per heavy atom. The van der Waals surface area contributed by atoms with E-state index >= 15 is 0 Å². The number of hydrogen-bond acceptors (Lipinski definition) is 4. The lowest BCUT2D eigenvalue weighted by molar-refractivity contribution is 0.0925. The van der Waals surface area contributed by atoms with E-state index in [0.717, 1.165) is 25.6 Å². The van der Waals surface area contributed by atoms with E-state index in [1.807, 2.05) is 0 Å². The third kappa shape index (κ3) is 4.98. The molecule has 0 aromatic heterocycles. The van der Waals surface area contributed by atoms with Gasteiger partial charge in [0.2, 0.25) is 0 Å². The van der Waals surface area contributed by atoms with Gasteiger partial charge in [0.15, 0.2) is 9.84 Å². The molecule has 0 saturated carbocycles. The molecule has 2 N–H and O–H groups in total. The molecule has 0 radical (unpaired) electrons. The summed E-state index contributed by atoms with van der Waals surface area (Å²) in [5.41, 5.74) is 0.489. The average Bonchev–Trinajstić information content (AvgIpc) is 2.38. The number of piperidine rings is 1. The van der Waals surface area contributed by atoms with Crippen LogP contribution in [0, 0.1) is 0 Å². The highest BCUT2D eigenvalue weighted by atomic mass is 35.5. The molecule has 1 aromatic carbocycles. The fourth-order valence-corrected chi connectivity index (χ4v) is 3.02. The van der Waals surface area contributed by atoms with Crippen LogP contribution in [0.3, 0.4) is 0 Å². The molecule has 1 aliphatic rings. The number of nitrogens with one attached hydrogen (secondary N) is 2. The molecule has 2 rings (SSSR count). The second kappa shape index (κ2) is 7.24. The number of rotatable bonds is 3. The van der Waals surface area contributed by atoms with Gasteiger partial charge in [0.05, 0.1) is 4.90 Å². The summed E-state index contributed by atoms with van der Waals surface area (Å²) in [7, 11) is -3.22. The molecule has 0 aliphatic carbocycles. The molecule has 2 unspecified atom stereocenters. The van der Waals surface area contributed by atoms with Crippen LogP contribution >= 0.6 is 12.4 Å². The van der Waals surface area contributed by atoms with Crippen LogP contribution in [0.15, 0.2) is 29.2 Å². The van der Waals surface area contributed by atoms with Gasteiger partial charge in [-0.2, -0.15) is 0 Å². The molecule has 1 saturated heterocycles. The predicted octanol–water partition coefficient (Wildman–Crippen LogP) is 1.38. The zero-order valence-electron chi connectivity index (χ0n) is 12.1. The van der Waals surface area contributed by atoms with Crippen molar-refractivity contribution in [3.8, 4) is 0 Å². The van der Waals surface area contributed by atoms with E-state index in [1.54, 1.807) is 12.1 Å². The Hall–Kier alpha value is -1.11. The Morgan fingerprint density at radius 2 is 1.90 bits per heavy atom. The maximum absolute atomic E-state index is 12.1. The highest BCUT2D eigenvalue weighted by Gasteiger charge is 2.20. The molecule has 0 bridgehead atoms. The van der Waals surface area contributed by atoms with Crippen LogP contribution in [0.25, 0.3) is 0 Å². The van der Waals surface area contributed by atoms with Crippen LogP contribution in [0.4, 0.5) is 0 Å². The molecule has 0 spiro atoms. The minimum Gasteiger partial charge on any atom is -0.349 e. The maximum Gasteiger partial charge on any atom is 0.251 e. The Bertz CT molecular complexity index is 587. The van der Waals surface area contributed by atoms with Gasteiger partial charge < -0.3 is 10.6 Å². The van der Waals surface area contributed by atoms with E-state index in [-0.39, 0.29) is 29.3 Å². The lowest BCUT2D eigenvalue weighted by atomic mass is 10.0. The summed E-state index contributed by atoms with van der Waals surface area (Å²) >= 11 is 0. The number of benzene rings is 1. The van der Waals surface area contributed by atoms with Crippen molar-refractivity contribution in [2.45, 2.75) is 36.7 Å². The highest BCUT2D eigenvalue weighted by Crippen LogP contribution is 2.12. The van der Waals surface area contributed by atoms with Gasteiger partial charge in [0.1, 0.15) is 0 Å². The first-order valence-corrected chi connectivity index (χ1v) is 8.60. The van der Waals surface area contributed by atoms with Crippen LogP contribution in [0.5, 0.6) is 0 Å². The summed E-state index contributed by atoms with van der Waals surface area (Å²) in [5.74, 6) is -0.149. The first-order chi connectivity index (χ1) is 9.36. The van der Waals surface area contributed by atoms with Crippen molar-refractivity contribution in [1.29, 1.82) is 0 Å². The van der Waals surface area contributed by atoms with Crippen LogP contribution in [-0.2, 0) is 9.84 Å². The molecule has 1 aromatic rings. The fourth-order valence-electron chi connectivity index (χ4n) is 2.39. The van der Waals surface area contributed by atoms with Gasteiger partial charge >= 0.3 is 0 Å². The average molecular weight is 333 g/mol. The minimum atomic E-state index is -3.22. The van der Waals surface area contributed by atoms with E-state index in [4.69, 9.17) is 0 Å². The molecule has 1 amide bonds. The van der Waals surface area contributed by atoms with Crippen LogP contribution in [0.1, 0.15) is 30.1 Å². The quantitative estimate of drug-likeness (QED) is 0.877. The summed E-state index contributed by atoms with van der Waals surface area (Å²) in [6, 6.07) is 6.62. The van der Waals surface area contributed by atoms with Crippen molar-refractivity contribution in [1.82, 2.24) is 10.6 Å². The van der Waals surface area contributed by atoms with Crippen molar-refractivity contribution >= 4 is 28.2 Å². The topological polar surface area (TPSA) is 75.3 Å². The fraction of sp³-hybridized carbons (Fsp3) is 0.500. The first-order valence-electron chi connectivity index (χ1n) is 6.70. The standard InChI is InChI=1S/C14H20N2O3S.ClH/c1-10-9-12(7-8-15-10)16-14(17)11-3-5-13(6-4-11)20(2,18)19;/h3-6,10,12,15H,7-9H2,1-2H3,(H,16,17);1H. The Kier molecular flexibility index (Phi) is 6.19. The maximum atomic E-state index is 12.1. The van der Waals surface area contributed by atoms with Gasteiger partial charge in [-0.05, 0) is 50.6 Å². The lowest BCUT2D eigenvalue weighted by Gasteiger charge is -2.28. The van der Waals surface area contributed by atoms with Crippen molar-refractivity contribution in [3.63, 3.8) is 0 Å². The van der Waals surface area contributed by atoms with Gasteiger partial charge in [-0.25, -0.2) is 8.42 Å². The highest BCUT2D eigenvalue weighted by molar-refractivity contribution is 7.90. The minimum absolute atomic E-state index is 0. The molecule has 118 valence electrons. The number of sulfone groups is 1. The zero-order chi connectivity index (χ0) is 14.8. The smallest absolute Gasteiger partial charge is 0.251 e. The second-order valence-electron chi connectivity index (χ2n) is 5.35. The van der Waals surface area contributed by atoms with Gasteiger partial charge in [0, 0.05) is 23.9 Å². The SMILES string of the molecule is CC1CC(NC(=O)c2ccc(S(C)(=O)=O)cc2)CCN1.Cl. The largest absolute Gasteiger partial charge is 0.349 e. The van der Waals surface area contributed by atoms with Gasteiger partial charge in [0.25, 0.3) is 5.91 Å². The monoisotopic (exact) mass is 332 g/mol. The number of amides is 1. The number of carbonyl (C=O) groups excluding carboxylic acids is 1. The third-order valence-corrected chi connectivity index (χ3v) is 4.63. The summed E-state index contributed by atoms with van der Waals surface area (Å²) in [5, 5.41) is 6.33.